The summed E-state index contributed by atoms with van der Waals surface area (Å²) in [5.41, 5.74) is 2.81. The molecule has 3 heteroatoms. The molecule has 0 N–H and O–H groups in total. The van der Waals surface area contributed by atoms with Crippen molar-refractivity contribution in [3.63, 3.8) is 0 Å². The quantitative estimate of drug-likeness (QED) is 0.525. The van der Waals surface area contributed by atoms with Crippen molar-refractivity contribution in [3.8, 4) is 0 Å². The summed E-state index contributed by atoms with van der Waals surface area (Å²) < 4.78 is 0. The van der Waals surface area contributed by atoms with E-state index < -0.39 is 0 Å². The van der Waals surface area contributed by atoms with E-state index in [1.165, 1.54) is 5.56 Å². The van der Waals surface area contributed by atoms with Crippen LogP contribution in [0, 0.1) is 0 Å². The third-order valence-electron chi connectivity index (χ3n) is 3.06. The van der Waals surface area contributed by atoms with Gasteiger partial charge in [0.1, 0.15) is 5.03 Å². The molecule has 0 unspecified atom stereocenters. The van der Waals surface area contributed by atoms with Crippen molar-refractivity contribution in [1.82, 2.24) is 4.98 Å². The zero-order chi connectivity index (χ0) is 13.8. The highest BCUT2D eigenvalue weighted by Gasteiger charge is 2.07. The summed E-state index contributed by atoms with van der Waals surface area (Å²) in [6.07, 6.45) is 0.882. The van der Waals surface area contributed by atoms with Crippen molar-refractivity contribution >= 4 is 29.0 Å². The molecule has 20 heavy (non-hydrogen) atoms. The molecule has 3 rings (SSSR count). The van der Waals surface area contributed by atoms with Crippen LogP contribution in [0.25, 0.3) is 10.9 Å². The predicted octanol–water partition coefficient (Wildman–Crippen LogP) is 4.34. The smallest absolute Gasteiger partial charge is 0.152 e. The van der Waals surface area contributed by atoms with Crippen molar-refractivity contribution in [2.45, 2.75) is 10.8 Å². The molecule has 2 nitrogen and oxygen atoms in total. The van der Waals surface area contributed by atoms with E-state index in [0.717, 1.165) is 28.0 Å². The Bertz CT molecular complexity index is 740. The summed E-state index contributed by atoms with van der Waals surface area (Å²) in [5, 5.41) is 1.79. The average molecular weight is 279 g/mol. The zero-order valence-corrected chi connectivity index (χ0v) is 11.6. The lowest BCUT2D eigenvalue weighted by Gasteiger charge is -2.06. The van der Waals surface area contributed by atoms with Gasteiger partial charge in [-0.3, -0.25) is 4.79 Å². The molecule has 1 heterocycles. The van der Waals surface area contributed by atoms with Gasteiger partial charge >= 0.3 is 0 Å². The van der Waals surface area contributed by atoms with E-state index in [0.29, 0.717) is 5.56 Å². The van der Waals surface area contributed by atoms with Crippen LogP contribution >= 0.6 is 11.8 Å². The van der Waals surface area contributed by atoms with Gasteiger partial charge in [0.25, 0.3) is 0 Å². The molecule has 1 aromatic heterocycles. The normalized spacial score (nSPS) is 10.6. The third-order valence-corrected chi connectivity index (χ3v) is 4.14. The van der Waals surface area contributed by atoms with Crippen molar-refractivity contribution in [2.75, 3.05) is 0 Å². The lowest BCUT2D eigenvalue weighted by atomic mass is 10.2. The van der Waals surface area contributed by atoms with Crippen LogP contribution in [0.2, 0.25) is 0 Å². The maximum Gasteiger partial charge on any atom is 0.152 e. The molecular formula is C17H13NOS. The highest BCUT2D eigenvalue weighted by molar-refractivity contribution is 7.98. The molecule has 0 fully saturated rings. The number of para-hydroxylation sites is 1. The number of pyridine rings is 1. The second-order valence-corrected chi connectivity index (χ2v) is 5.43. The molecule has 0 aliphatic heterocycles. The van der Waals surface area contributed by atoms with Crippen LogP contribution < -0.4 is 0 Å². The van der Waals surface area contributed by atoms with Gasteiger partial charge in [0.05, 0.1) is 5.52 Å². The molecule has 0 saturated carbocycles. The Balaban J connectivity index is 1.92. The van der Waals surface area contributed by atoms with E-state index in [9.17, 15) is 4.79 Å². The SMILES string of the molecule is O=Cc1cc2ccccc2nc1SCc1ccccc1. The van der Waals surface area contributed by atoms with Gasteiger partial charge in [-0.1, -0.05) is 48.5 Å². The molecule has 0 amide bonds. The second kappa shape index (κ2) is 5.88. The van der Waals surface area contributed by atoms with Crippen molar-refractivity contribution in [1.29, 1.82) is 0 Å². The van der Waals surface area contributed by atoms with Gasteiger partial charge in [-0.2, -0.15) is 0 Å². The maximum absolute atomic E-state index is 11.2. The maximum atomic E-state index is 11.2. The molecule has 0 bridgehead atoms. The topological polar surface area (TPSA) is 30.0 Å². The number of benzene rings is 2. The van der Waals surface area contributed by atoms with Crippen molar-refractivity contribution in [3.05, 3.63) is 71.8 Å². The number of aromatic nitrogens is 1. The Labute approximate surface area is 121 Å². The summed E-state index contributed by atoms with van der Waals surface area (Å²) in [6, 6.07) is 20.0. The number of fused-ring (bicyclic) bond motifs is 1. The summed E-state index contributed by atoms with van der Waals surface area (Å²) in [4.78, 5) is 15.8. The molecule has 3 aromatic rings. The van der Waals surface area contributed by atoms with Crippen LogP contribution in [0.15, 0.2) is 65.7 Å². The molecule has 0 saturated heterocycles. The van der Waals surface area contributed by atoms with Crippen LogP contribution in [0.3, 0.4) is 0 Å². The summed E-state index contributed by atoms with van der Waals surface area (Å²) in [6.45, 7) is 0. The Morgan fingerprint density at radius 3 is 2.55 bits per heavy atom. The Kier molecular flexibility index (Phi) is 3.79. The first-order chi connectivity index (χ1) is 9.86. The highest BCUT2D eigenvalue weighted by Crippen LogP contribution is 2.26. The van der Waals surface area contributed by atoms with Crippen LogP contribution in [-0.2, 0) is 5.75 Å². The number of aldehydes is 1. The highest BCUT2D eigenvalue weighted by atomic mass is 32.2. The van der Waals surface area contributed by atoms with E-state index in [-0.39, 0.29) is 0 Å². The minimum Gasteiger partial charge on any atom is -0.298 e. The lowest BCUT2D eigenvalue weighted by Crippen LogP contribution is -1.92. The van der Waals surface area contributed by atoms with Crippen LogP contribution in [0.1, 0.15) is 15.9 Å². The Morgan fingerprint density at radius 2 is 1.75 bits per heavy atom. The molecular weight excluding hydrogens is 266 g/mol. The number of hydrogen-bond acceptors (Lipinski definition) is 3. The monoisotopic (exact) mass is 279 g/mol. The molecule has 98 valence electrons. The summed E-state index contributed by atoms with van der Waals surface area (Å²) >= 11 is 1.60. The molecule has 0 radical (unpaired) electrons. The minimum absolute atomic E-state index is 0.657. The number of carbonyl (C=O) groups excluding carboxylic acids is 1. The lowest BCUT2D eigenvalue weighted by molar-refractivity contribution is 0.112. The number of rotatable bonds is 4. The standard InChI is InChI=1S/C17H13NOS/c19-11-15-10-14-8-4-5-9-16(14)18-17(15)20-12-13-6-2-1-3-7-13/h1-11H,12H2. The van der Waals surface area contributed by atoms with Gasteiger partial charge < -0.3 is 0 Å². The predicted molar refractivity (Wildman–Crippen MR) is 83.1 cm³/mol. The van der Waals surface area contributed by atoms with Gasteiger partial charge in [-0.05, 0) is 17.7 Å². The fourth-order valence-electron chi connectivity index (χ4n) is 2.04. The summed E-state index contributed by atoms with van der Waals surface area (Å²) in [5.74, 6) is 0.813. The summed E-state index contributed by atoms with van der Waals surface area (Å²) in [7, 11) is 0. The third kappa shape index (κ3) is 2.73. The van der Waals surface area contributed by atoms with Gasteiger partial charge in [0.2, 0.25) is 0 Å². The first-order valence-electron chi connectivity index (χ1n) is 6.38. The van der Waals surface area contributed by atoms with E-state index in [4.69, 9.17) is 0 Å². The van der Waals surface area contributed by atoms with E-state index in [1.54, 1.807) is 11.8 Å². The Morgan fingerprint density at radius 1 is 1.00 bits per heavy atom. The van der Waals surface area contributed by atoms with Crippen LogP contribution in [-0.4, -0.2) is 11.3 Å². The van der Waals surface area contributed by atoms with E-state index >= 15 is 0 Å². The molecule has 2 aromatic carbocycles. The molecule has 0 aliphatic rings. The van der Waals surface area contributed by atoms with Gasteiger partial charge in [0, 0.05) is 16.7 Å². The number of nitrogens with zero attached hydrogens (tertiary/aromatic N) is 1. The molecule has 0 atom stereocenters. The second-order valence-electron chi connectivity index (χ2n) is 4.47. The van der Waals surface area contributed by atoms with Gasteiger partial charge in [-0.25, -0.2) is 4.98 Å². The van der Waals surface area contributed by atoms with E-state index in [1.807, 2.05) is 48.5 Å². The number of hydrogen-bond donors (Lipinski definition) is 0. The van der Waals surface area contributed by atoms with Crippen molar-refractivity contribution in [2.24, 2.45) is 0 Å². The van der Waals surface area contributed by atoms with Crippen LogP contribution in [0.5, 0.6) is 0 Å². The number of thioether (sulfide) groups is 1. The van der Waals surface area contributed by atoms with Crippen LogP contribution in [0.4, 0.5) is 0 Å². The number of carbonyl (C=O) groups is 1. The van der Waals surface area contributed by atoms with E-state index in [2.05, 4.69) is 17.1 Å². The molecule has 0 aliphatic carbocycles. The first kappa shape index (κ1) is 12.9. The van der Waals surface area contributed by atoms with Crippen molar-refractivity contribution < 1.29 is 4.79 Å². The fourth-order valence-corrected chi connectivity index (χ4v) is 2.97. The fraction of sp³-hybridized carbons (Fsp3) is 0.0588. The zero-order valence-electron chi connectivity index (χ0n) is 10.8. The largest absolute Gasteiger partial charge is 0.298 e. The average Bonchev–Trinajstić information content (AvgIpc) is 2.53. The van der Waals surface area contributed by atoms with Gasteiger partial charge in [-0.15, -0.1) is 11.8 Å². The Hall–Kier alpha value is -2.13. The first-order valence-corrected chi connectivity index (χ1v) is 7.37. The minimum atomic E-state index is 0.657. The van der Waals surface area contributed by atoms with Gasteiger partial charge in [0.15, 0.2) is 6.29 Å². The molecule has 0 spiro atoms.